The number of rotatable bonds is 9. The number of piperidine rings is 1. The van der Waals surface area contributed by atoms with Gasteiger partial charge in [-0.1, -0.05) is 48.5 Å². The summed E-state index contributed by atoms with van der Waals surface area (Å²) in [4.78, 5) is 17.2. The Kier molecular flexibility index (Phi) is 9.15. The van der Waals surface area contributed by atoms with Crippen LogP contribution in [0.1, 0.15) is 25.3 Å². The Hall–Kier alpha value is -3.56. The van der Waals surface area contributed by atoms with E-state index < -0.39 is 16.1 Å². The molecular weight excluding hydrogens is 538 g/mol. The first-order valence-corrected chi connectivity index (χ1v) is 15.8. The molecule has 41 heavy (non-hydrogen) atoms. The summed E-state index contributed by atoms with van der Waals surface area (Å²) in [5.74, 6) is 1.70. The first kappa shape index (κ1) is 29.0. The zero-order valence-electron chi connectivity index (χ0n) is 23.8. The van der Waals surface area contributed by atoms with E-state index in [0.717, 1.165) is 24.9 Å². The second-order valence-electron chi connectivity index (χ2n) is 10.8. The molecule has 1 unspecified atom stereocenters. The lowest BCUT2D eigenvalue weighted by atomic mass is 9.91. The van der Waals surface area contributed by atoms with Crippen molar-refractivity contribution in [3.63, 3.8) is 0 Å². The van der Waals surface area contributed by atoms with E-state index in [2.05, 4.69) is 29.2 Å². The van der Waals surface area contributed by atoms with Gasteiger partial charge in [-0.2, -0.15) is 4.31 Å². The van der Waals surface area contributed by atoms with Crippen LogP contribution < -0.4 is 14.4 Å². The van der Waals surface area contributed by atoms with E-state index in [4.69, 9.17) is 9.47 Å². The summed E-state index contributed by atoms with van der Waals surface area (Å²) < 4.78 is 40.4. The van der Waals surface area contributed by atoms with E-state index in [1.807, 2.05) is 36.4 Å². The number of ether oxygens (including phenoxy) is 2. The first-order chi connectivity index (χ1) is 19.8. The van der Waals surface area contributed by atoms with Gasteiger partial charge in [0.1, 0.15) is 11.5 Å². The van der Waals surface area contributed by atoms with E-state index in [1.54, 1.807) is 41.4 Å². The van der Waals surface area contributed by atoms with Crippen molar-refractivity contribution in [3.8, 4) is 11.5 Å². The molecule has 2 aliphatic rings. The van der Waals surface area contributed by atoms with Gasteiger partial charge in [-0.3, -0.25) is 4.79 Å². The van der Waals surface area contributed by atoms with Crippen molar-refractivity contribution in [1.82, 2.24) is 9.21 Å². The molecule has 5 rings (SSSR count). The van der Waals surface area contributed by atoms with Gasteiger partial charge in [-0.05, 0) is 68.0 Å². The molecule has 3 aromatic rings. The van der Waals surface area contributed by atoms with E-state index in [0.29, 0.717) is 56.7 Å². The zero-order valence-corrected chi connectivity index (χ0v) is 24.6. The van der Waals surface area contributed by atoms with Crippen LogP contribution in [-0.4, -0.2) is 76.0 Å². The fourth-order valence-corrected chi connectivity index (χ4v) is 7.20. The van der Waals surface area contributed by atoms with E-state index in [1.165, 1.54) is 5.56 Å². The average molecular weight is 578 g/mol. The number of methoxy groups -OCH3 is 1. The molecule has 2 heterocycles. The Labute approximate surface area is 243 Å². The highest BCUT2D eigenvalue weighted by atomic mass is 32.2. The smallest absolute Gasteiger partial charge is 0.263 e. The molecule has 2 saturated heterocycles. The van der Waals surface area contributed by atoms with Crippen LogP contribution in [0.4, 0.5) is 5.69 Å². The van der Waals surface area contributed by atoms with Crippen LogP contribution in [0.2, 0.25) is 0 Å². The van der Waals surface area contributed by atoms with Crippen LogP contribution >= 0.6 is 0 Å². The average Bonchev–Trinajstić information content (AvgIpc) is 3.01. The molecule has 0 bridgehead atoms. The Morgan fingerprint density at radius 1 is 0.878 bits per heavy atom. The van der Waals surface area contributed by atoms with Crippen LogP contribution in [0.3, 0.4) is 0 Å². The lowest BCUT2D eigenvalue weighted by molar-refractivity contribution is -0.138. The Balaban J connectivity index is 1.21. The number of para-hydroxylation sites is 1. The van der Waals surface area contributed by atoms with Gasteiger partial charge in [-0.25, -0.2) is 8.42 Å². The number of hydrogen-bond donors (Lipinski definition) is 0. The number of carbonyl (C=O) groups is 1. The maximum absolute atomic E-state index is 13.7. The molecule has 9 heteroatoms. The van der Waals surface area contributed by atoms with E-state index in [-0.39, 0.29) is 10.8 Å². The largest absolute Gasteiger partial charge is 0.495 e. The standard InChI is InChI=1S/C32H39N3O5S/c1-25(40-28-11-7-4-8-12-28)32(36)34-21-19-33(20-22-34)30-24-29(13-14-31(30)39-2)41(37,38)35-17-15-27(16-18-35)23-26-9-5-3-6-10-26/h3-14,24-25,27H,15-23H2,1-2H3. The summed E-state index contributed by atoms with van der Waals surface area (Å²) in [5, 5.41) is 0. The zero-order chi connectivity index (χ0) is 28.8. The minimum atomic E-state index is -3.64. The molecule has 0 N–H and O–H groups in total. The summed E-state index contributed by atoms with van der Waals surface area (Å²) in [6, 6.07) is 24.8. The van der Waals surface area contributed by atoms with Crippen molar-refractivity contribution in [2.24, 2.45) is 5.92 Å². The van der Waals surface area contributed by atoms with Crippen LogP contribution in [0.5, 0.6) is 11.5 Å². The van der Waals surface area contributed by atoms with Gasteiger partial charge in [0.15, 0.2) is 6.10 Å². The van der Waals surface area contributed by atoms with Gasteiger partial charge in [0.2, 0.25) is 10.0 Å². The SMILES string of the molecule is COc1ccc(S(=O)(=O)N2CCC(Cc3ccccc3)CC2)cc1N1CCN(C(=O)C(C)Oc2ccccc2)CC1. The number of benzene rings is 3. The van der Waals surface area contributed by atoms with Crippen LogP contribution in [0, 0.1) is 5.92 Å². The molecule has 0 saturated carbocycles. The Morgan fingerprint density at radius 3 is 2.15 bits per heavy atom. The minimum absolute atomic E-state index is 0.0625. The molecule has 1 atom stereocenters. The highest BCUT2D eigenvalue weighted by Crippen LogP contribution is 2.34. The number of piperazine rings is 1. The van der Waals surface area contributed by atoms with Crippen molar-refractivity contribution < 1.29 is 22.7 Å². The maximum atomic E-state index is 13.7. The quantitative estimate of drug-likeness (QED) is 0.374. The second kappa shape index (κ2) is 13.0. The first-order valence-electron chi connectivity index (χ1n) is 14.3. The maximum Gasteiger partial charge on any atom is 0.263 e. The highest BCUT2D eigenvalue weighted by molar-refractivity contribution is 7.89. The number of amides is 1. The summed E-state index contributed by atoms with van der Waals surface area (Å²) in [7, 11) is -2.05. The van der Waals surface area contributed by atoms with E-state index >= 15 is 0 Å². The molecule has 218 valence electrons. The van der Waals surface area contributed by atoms with Crippen molar-refractivity contribution >= 4 is 21.6 Å². The fourth-order valence-electron chi connectivity index (χ4n) is 5.71. The lowest BCUT2D eigenvalue weighted by Gasteiger charge is -2.37. The minimum Gasteiger partial charge on any atom is -0.495 e. The molecule has 2 fully saturated rings. The number of sulfonamides is 1. The molecule has 3 aromatic carbocycles. The molecule has 0 spiro atoms. The Morgan fingerprint density at radius 2 is 1.51 bits per heavy atom. The number of hydrogen-bond acceptors (Lipinski definition) is 6. The summed E-state index contributed by atoms with van der Waals surface area (Å²) >= 11 is 0. The molecule has 0 radical (unpaired) electrons. The van der Waals surface area contributed by atoms with Gasteiger partial charge in [-0.15, -0.1) is 0 Å². The normalized spacial score (nSPS) is 17.7. The van der Waals surface area contributed by atoms with Crippen molar-refractivity contribution in [1.29, 1.82) is 0 Å². The number of anilines is 1. The van der Waals surface area contributed by atoms with Crippen LogP contribution in [-0.2, 0) is 21.2 Å². The van der Waals surface area contributed by atoms with Gasteiger partial charge in [0.25, 0.3) is 5.91 Å². The summed E-state index contributed by atoms with van der Waals surface area (Å²) in [5.41, 5.74) is 2.03. The molecule has 8 nitrogen and oxygen atoms in total. The third kappa shape index (κ3) is 6.85. The van der Waals surface area contributed by atoms with Gasteiger partial charge in [0, 0.05) is 39.3 Å². The van der Waals surface area contributed by atoms with Crippen LogP contribution in [0.25, 0.3) is 0 Å². The predicted molar refractivity (Wildman–Crippen MR) is 160 cm³/mol. The fraction of sp³-hybridized carbons (Fsp3) is 0.406. The second-order valence-corrected chi connectivity index (χ2v) is 12.7. The predicted octanol–water partition coefficient (Wildman–Crippen LogP) is 4.45. The van der Waals surface area contributed by atoms with E-state index in [9.17, 15) is 13.2 Å². The monoisotopic (exact) mass is 577 g/mol. The van der Waals surface area contributed by atoms with Gasteiger partial charge in [0.05, 0.1) is 17.7 Å². The number of nitrogens with zero attached hydrogens (tertiary/aromatic N) is 3. The van der Waals surface area contributed by atoms with Crippen molar-refractivity contribution in [2.75, 3.05) is 51.3 Å². The van der Waals surface area contributed by atoms with Crippen molar-refractivity contribution in [3.05, 3.63) is 84.4 Å². The molecule has 2 aliphatic heterocycles. The van der Waals surface area contributed by atoms with Gasteiger partial charge < -0.3 is 19.3 Å². The van der Waals surface area contributed by atoms with Crippen LogP contribution in [0.15, 0.2) is 83.8 Å². The topological polar surface area (TPSA) is 79.4 Å². The molecule has 0 aromatic heterocycles. The third-order valence-corrected chi connectivity index (χ3v) is 9.96. The summed E-state index contributed by atoms with van der Waals surface area (Å²) in [6.07, 6.45) is 2.08. The third-order valence-electron chi connectivity index (χ3n) is 8.06. The molecule has 0 aliphatic carbocycles. The Bertz CT molecular complexity index is 1400. The number of carbonyl (C=O) groups excluding carboxylic acids is 1. The van der Waals surface area contributed by atoms with Crippen molar-refractivity contribution in [2.45, 2.75) is 37.2 Å². The summed E-state index contributed by atoms with van der Waals surface area (Å²) in [6.45, 7) is 4.95. The lowest BCUT2D eigenvalue weighted by Crippen LogP contribution is -2.52. The molecule has 1 amide bonds. The highest BCUT2D eigenvalue weighted by Gasteiger charge is 2.32. The molecular formula is C32H39N3O5S. The van der Waals surface area contributed by atoms with Gasteiger partial charge >= 0.3 is 0 Å².